The van der Waals surface area contributed by atoms with Gasteiger partial charge >= 0.3 is 0 Å². The van der Waals surface area contributed by atoms with Gasteiger partial charge in [-0.1, -0.05) is 81.8 Å². The van der Waals surface area contributed by atoms with Crippen molar-refractivity contribution in [3.63, 3.8) is 0 Å². The van der Waals surface area contributed by atoms with Crippen molar-refractivity contribution < 1.29 is 4.79 Å². The van der Waals surface area contributed by atoms with Crippen molar-refractivity contribution in [1.29, 1.82) is 0 Å². The molecule has 0 bridgehead atoms. The van der Waals surface area contributed by atoms with Crippen LogP contribution in [0.5, 0.6) is 0 Å². The van der Waals surface area contributed by atoms with Crippen molar-refractivity contribution in [3.05, 3.63) is 47.5 Å². The van der Waals surface area contributed by atoms with Gasteiger partial charge in [-0.3, -0.25) is 4.79 Å². The van der Waals surface area contributed by atoms with Crippen LogP contribution in [0.3, 0.4) is 0 Å². The Balaban J connectivity index is 1.46. The molecule has 0 saturated carbocycles. The fourth-order valence-corrected chi connectivity index (χ4v) is 3.88. The van der Waals surface area contributed by atoms with Crippen LogP contribution in [-0.2, 0) is 11.2 Å². The molecule has 1 aliphatic carbocycles. The SMILES string of the molecule is CCCCCCCCCC(=O)NC1Cc2cccc3cccc1c23. The van der Waals surface area contributed by atoms with Gasteiger partial charge in [-0.05, 0) is 34.7 Å². The Morgan fingerprint density at radius 1 is 1.00 bits per heavy atom. The largest absolute Gasteiger partial charge is 0.349 e. The lowest BCUT2D eigenvalue weighted by Gasteiger charge is -2.14. The first-order valence-electron chi connectivity index (χ1n) is 9.59. The molecule has 1 amide bonds. The van der Waals surface area contributed by atoms with Crippen LogP contribution in [0.15, 0.2) is 36.4 Å². The lowest BCUT2D eigenvalue weighted by atomic mass is 10.0. The van der Waals surface area contributed by atoms with Crippen molar-refractivity contribution in [1.82, 2.24) is 5.32 Å². The van der Waals surface area contributed by atoms with Gasteiger partial charge in [0.25, 0.3) is 0 Å². The fraction of sp³-hybridized carbons (Fsp3) is 0.500. The standard InChI is InChI=1S/C22H29NO/c1-2-3-4-5-6-7-8-15-21(24)23-20-16-18-13-9-11-17-12-10-14-19(20)22(17)18/h9-14,20H,2-8,15-16H2,1H3,(H,23,24). The lowest BCUT2D eigenvalue weighted by molar-refractivity contribution is -0.121. The zero-order chi connectivity index (χ0) is 16.8. The molecular formula is C22H29NO. The number of benzene rings is 2. The highest BCUT2D eigenvalue weighted by atomic mass is 16.1. The maximum absolute atomic E-state index is 12.3. The van der Waals surface area contributed by atoms with Gasteiger partial charge in [0, 0.05) is 6.42 Å². The van der Waals surface area contributed by atoms with Crippen LogP contribution in [0.25, 0.3) is 10.8 Å². The summed E-state index contributed by atoms with van der Waals surface area (Å²) in [5.41, 5.74) is 2.65. The second-order valence-corrected chi connectivity index (χ2v) is 7.06. The fourth-order valence-electron chi connectivity index (χ4n) is 3.88. The Hall–Kier alpha value is -1.83. The first-order valence-corrected chi connectivity index (χ1v) is 9.59. The molecule has 0 heterocycles. The quantitative estimate of drug-likeness (QED) is 0.590. The van der Waals surface area contributed by atoms with E-state index in [4.69, 9.17) is 0 Å². The number of rotatable bonds is 9. The highest BCUT2D eigenvalue weighted by Crippen LogP contribution is 2.36. The number of carbonyl (C=O) groups excluding carboxylic acids is 1. The Labute approximate surface area is 145 Å². The zero-order valence-electron chi connectivity index (χ0n) is 14.8. The summed E-state index contributed by atoms with van der Waals surface area (Å²) in [5, 5.41) is 5.89. The maximum Gasteiger partial charge on any atom is 0.220 e. The molecule has 2 heteroatoms. The van der Waals surface area contributed by atoms with E-state index in [0.29, 0.717) is 6.42 Å². The van der Waals surface area contributed by atoms with Crippen molar-refractivity contribution in [3.8, 4) is 0 Å². The highest BCUT2D eigenvalue weighted by molar-refractivity contribution is 5.92. The minimum Gasteiger partial charge on any atom is -0.349 e. The first-order chi connectivity index (χ1) is 11.8. The van der Waals surface area contributed by atoms with Crippen molar-refractivity contribution in [2.45, 2.75) is 70.8 Å². The highest BCUT2D eigenvalue weighted by Gasteiger charge is 2.25. The normalized spacial score (nSPS) is 15.8. The van der Waals surface area contributed by atoms with Crippen molar-refractivity contribution in [2.75, 3.05) is 0 Å². The van der Waals surface area contributed by atoms with Gasteiger partial charge in [-0.2, -0.15) is 0 Å². The lowest BCUT2D eigenvalue weighted by Crippen LogP contribution is -2.27. The second kappa shape index (κ2) is 8.32. The molecule has 1 unspecified atom stereocenters. The van der Waals surface area contributed by atoms with Gasteiger partial charge in [0.1, 0.15) is 0 Å². The van der Waals surface area contributed by atoms with Gasteiger partial charge in [0.05, 0.1) is 6.04 Å². The van der Waals surface area contributed by atoms with E-state index >= 15 is 0 Å². The van der Waals surface area contributed by atoms with Crippen LogP contribution in [0, 0.1) is 0 Å². The summed E-state index contributed by atoms with van der Waals surface area (Å²) in [7, 11) is 0. The minimum absolute atomic E-state index is 0.156. The summed E-state index contributed by atoms with van der Waals surface area (Å²) in [6.45, 7) is 2.24. The molecule has 0 saturated heterocycles. The number of nitrogens with one attached hydrogen (secondary N) is 1. The topological polar surface area (TPSA) is 29.1 Å². The molecule has 0 radical (unpaired) electrons. The molecule has 3 rings (SSSR count). The van der Waals surface area contributed by atoms with E-state index in [0.717, 1.165) is 12.8 Å². The number of carbonyl (C=O) groups is 1. The summed E-state index contributed by atoms with van der Waals surface area (Å²) in [5.74, 6) is 0.207. The molecule has 1 atom stereocenters. The summed E-state index contributed by atoms with van der Waals surface area (Å²) in [4.78, 5) is 12.3. The number of hydrogen-bond acceptors (Lipinski definition) is 1. The Bertz CT molecular complexity index is 686. The van der Waals surface area contributed by atoms with Gasteiger partial charge in [0.15, 0.2) is 0 Å². The minimum atomic E-state index is 0.156. The zero-order valence-corrected chi connectivity index (χ0v) is 14.8. The maximum atomic E-state index is 12.3. The molecule has 2 aromatic carbocycles. The predicted octanol–water partition coefficient (Wildman–Crippen LogP) is 5.69. The molecule has 0 fully saturated rings. The Kier molecular flexibility index (Phi) is 5.90. The summed E-state index contributed by atoms with van der Waals surface area (Å²) in [6.07, 6.45) is 10.3. The molecule has 24 heavy (non-hydrogen) atoms. The molecular weight excluding hydrogens is 294 g/mol. The van der Waals surface area contributed by atoms with Crippen LogP contribution in [0.1, 0.15) is 75.5 Å². The van der Waals surface area contributed by atoms with E-state index in [1.807, 2.05) is 0 Å². The molecule has 0 spiro atoms. The number of hydrogen-bond donors (Lipinski definition) is 1. The molecule has 0 aliphatic heterocycles. The van der Waals surface area contributed by atoms with E-state index in [-0.39, 0.29) is 11.9 Å². The molecule has 1 N–H and O–H groups in total. The van der Waals surface area contributed by atoms with Gasteiger partial charge < -0.3 is 5.32 Å². The van der Waals surface area contributed by atoms with Gasteiger partial charge in [0.2, 0.25) is 5.91 Å². The summed E-state index contributed by atoms with van der Waals surface area (Å²) in [6, 6.07) is 13.0. The summed E-state index contributed by atoms with van der Waals surface area (Å²) < 4.78 is 0. The third kappa shape index (κ3) is 3.98. The van der Waals surface area contributed by atoms with Gasteiger partial charge in [-0.15, -0.1) is 0 Å². The third-order valence-electron chi connectivity index (χ3n) is 5.17. The monoisotopic (exact) mass is 323 g/mol. The average Bonchev–Trinajstić information content (AvgIpc) is 2.94. The van der Waals surface area contributed by atoms with Crippen molar-refractivity contribution in [2.24, 2.45) is 0 Å². The summed E-state index contributed by atoms with van der Waals surface area (Å²) >= 11 is 0. The van der Waals surface area contributed by atoms with Crippen LogP contribution < -0.4 is 5.32 Å². The van der Waals surface area contributed by atoms with E-state index in [1.54, 1.807) is 0 Å². The van der Waals surface area contributed by atoms with Crippen LogP contribution in [0.2, 0.25) is 0 Å². The third-order valence-corrected chi connectivity index (χ3v) is 5.17. The van der Waals surface area contributed by atoms with Crippen molar-refractivity contribution >= 4 is 16.7 Å². The van der Waals surface area contributed by atoms with Crippen LogP contribution in [0.4, 0.5) is 0 Å². The smallest absolute Gasteiger partial charge is 0.220 e. The van der Waals surface area contributed by atoms with Gasteiger partial charge in [-0.25, -0.2) is 0 Å². The molecule has 0 aromatic heterocycles. The van der Waals surface area contributed by atoms with E-state index < -0.39 is 0 Å². The first kappa shape index (κ1) is 17.0. The molecule has 1 aliphatic rings. The second-order valence-electron chi connectivity index (χ2n) is 7.06. The molecule has 2 aromatic rings. The van der Waals surface area contributed by atoms with Crippen LogP contribution in [-0.4, -0.2) is 5.91 Å². The Morgan fingerprint density at radius 2 is 1.71 bits per heavy atom. The van der Waals surface area contributed by atoms with E-state index in [1.165, 1.54) is 60.4 Å². The van der Waals surface area contributed by atoms with E-state index in [2.05, 4.69) is 48.6 Å². The average molecular weight is 323 g/mol. The van der Waals surface area contributed by atoms with E-state index in [9.17, 15) is 4.79 Å². The van der Waals surface area contributed by atoms with Crippen LogP contribution >= 0.6 is 0 Å². The Morgan fingerprint density at radius 3 is 2.50 bits per heavy atom. The molecule has 2 nitrogen and oxygen atoms in total. The molecule has 128 valence electrons. The predicted molar refractivity (Wildman–Crippen MR) is 101 cm³/mol. The number of unbranched alkanes of at least 4 members (excludes halogenated alkanes) is 6. The number of amides is 1.